The summed E-state index contributed by atoms with van der Waals surface area (Å²) in [5, 5.41) is 21.0. The Morgan fingerprint density at radius 1 is 1.53 bits per heavy atom. The lowest BCUT2D eigenvalue weighted by Crippen LogP contribution is -2.30. The van der Waals surface area contributed by atoms with E-state index < -0.39 is 12.1 Å². The summed E-state index contributed by atoms with van der Waals surface area (Å²) in [5.41, 5.74) is 1.09. The van der Waals surface area contributed by atoms with Crippen LogP contribution in [0.15, 0.2) is 28.7 Å². The highest BCUT2D eigenvalue weighted by Gasteiger charge is 2.11. The summed E-state index contributed by atoms with van der Waals surface area (Å²) in [7, 11) is 0. The van der Waals surface area contributed by atoms with Gasteiger partial charge in [-0.3, -0.25) is 4.79 Å². The maximum absolute atomic E-state index is 10.4. The first kappa shape index (κ1) is 14.2. The number of aliphatic carboxylic acids is 1. The average molecular weight is 302 g/mol. The number of halogens is 1. The normalized spacial score (nSPS) is 14.3. The fraction of sp³-hybridized carbons (Fsp3) is 0.417. The molecule has 5 heteroatoms. The average Bonchev–Trinajstić information content (AvgIpc) is 2.25. The topological polar surface area (TPSA) is 69.6 Å². The van der Waals surface area contributed by atoms with Gasteiger partial charge in [0.05, 0.1) is 12.5 Å². The van der Waals surface area contributed by atoms with E-state index >= 15 is 0 Å². The Morgan fingerprint density at radius 3 is 2.82 bits per heavy atom. The zero-order valence-electron chi connectivity index (χ0n) is 9.56. The number of carboxylic acid groups (broad SMARTS) is 1. The summed E-state index contributed by atoms with van der Waals surface area (Å²) in [5.74, 6) is -0.991. The number of aliphatic hydroxyl groups excluding tert-OH is 1. The number of aliphatic hydroxyl groups is 1. The van der Waals surface area contributed by atoms with Crippen LogP contribution in [0.25, 0.3) is 0 Å². The van der Waals surface area contributed by atoms with Crippen LogP contribution >= 0.6 is 15.9 Å². The van der Waals surface area contributed by atoms with Gasteiger partial charge in [-0.1, -0.05) is 28.1 Å². The highest BCUT2D eigenvalue weighted by molar-refractivity contribution is 9.10. The number of carbonyl (C=O) groups is 1. The third-order valence-electron chi connectivity index (χ3n) is 2.42. The molecule has 0 amide bonds. The van der Waals surface area contributed by atoms with E-state index in [0.29, 0.717) is 0 Å². The Morgan fingerprint density at radius 2 is 2.24 bits per heavy atom. The van der Waals surface area contributed by atoms with Crippen LogP contribution in [-0.4, -0.2) is 28.8 Å². The molecule has 3 N–H and O–H groups in total. The van der Waals surface area contributed by atoms with Crippen molar-refractivity contribution in [3.8, 4) is 0 Å². The second kappa shape index (κ2) is 6.74. The smallest absolute Gasteiger partial charge is 0.306 e. The zero-order chi connectivity index (χ0) is 12.8. The van der Waals surface area contributed by atoms with E-state index in [1.807, 2.05) is 31.2 Å². The third-order valence-corrected chi connectivity index (χ3v) is 2.91. The monoisotopic (exact) mass is 301 g/mol. The quantitative estimate of drug-likeness (QED) is 0.751. The number of hydrogen-bond acceptors (Lipinski definition) is 3. The molecule has 1 unspecified atom stereocenters. The van der Waals surface area contributed by atoms with Gasteiger partial charge in [-0.05, 0) is 24.6 Å². The first-order valence-electron chi connectivity index (χ1n) is 5.37. The van der Waals surface area contributed by atoms with Crippen molar-refractivity contribution in [2.24, 2.45) is 0 Å². The van der Waals surface area contributed by atoms with Crippen molar-refractivity contribution >= 4 is 21.9 Å². The maximum Gasteiger partial charge on any atom is 0.306 e. The lowest BCUT2D eigenvalue weighted by Gasteiger charge is -2.16. The predicted octanol–water partition coefficient (Wildman–Crippen LogP) is 1.94. The van der Waals surface area contributed by atoms with E-state index in [1.165, 1.54) is 0 Å². The molecule has 0 aliphatic rings. The number of carboxylic acids is 1. The largest absolute Gasteiger partial charge is 0.481 e. The molecule has 0 aliphatic heterocycles. The van der Waals surface area contributed by atoms with Gasteiger partial charge in [0.1, 0.15) is 0 Å². The van der Waals surface area contributed by atoms with Crippen LogP contribution in [0, 0.1) is 0 Å². The van der Waals surface area contributed by atoms with Crippen LogP contribution in [0.2, 0.25) is 0 Å². The van der Waals surface area contributed by atoms with Gasteiger partial charge < -0.3 is 15.5 Å². The fourth-order valence-electron chi connectivity index (χ4n) is 1.48. The Hall–Kier alpha value is -0.910. The minimum absolute atomic E-state index is 0.0657. The molecule has 0 aliphatic carbocycles. The SMILES string of the molecule is C[C@@H](NCC(O)CC(=O)O)c1cccc(Br)c1. The molecule has 0 fully saturated rings. The van der Waals surface area contributed by atoms with Crippen LogP contribution in [0.5, 0.6) is 0 Å². The molecule has 0 radical (unpaired) electrons. The van der Waals surface area contributed by atoms with Crippen molar-refractivity contribution in [3.63, 3.8) is 0 Å². The minimum atomic E-state index is -0.991. The molecule has 94 valence electrons. The van der Waals surface area contributed by atoms with Crippen LogP contribution in [0.3, 0.4) is 0 Å². The van der Waals surface area contributed by atoms with Gasteiger partial charge in [0.15, 0.2) is 0 Å². The molecule has 0 saturated heterocycles. The van der Waals surface area contributed by atoms with Gasteiger partial charge in [0.2, 0.25) is 0 Å². The molecule has 4 nitrogen and oxygen atoms in total. The van der Waals surface area contributed by atoms with Crippen molar-refractivity contribution in [3.05, 3.63) is 34.3 Å². The van der Waals surface area contributed by atoms with E-state index in [2.05, 4.69) is 21.2 Å². The number of benzene rings is 1. The molecule has 1 aromatic carbocycles. The van der Waals surface area contributed by atoms with E-state index in [0.717, 1.165) is 10.0 Å². The summed E-state index contributed by atoms with van der Waals surface area (Å²) < 4.78 is 0.995. The first-order valence-corrected chi connectivity index (χ1v) is 6.17. The van der Waals surface area contributed by atoms with Crippen molar-refractivity contribution in [2.75, 3.05) is 6.54 Å². The summed E-state index contributed by atoms with van der Waals surface area (Å²) in [6.45, 7) is 2.23. The number of rotatable bonds is 6. The van der Waals surface area contributed by atoms with E-state index in [-0.39, 0.29) is 19.0 Å². The Labute approximate surface area is 109 Å². The molecular weight excluding hydrogens is 286 g/mol. The second-order valence-electron chi connectivity index (χ2n) is 3.94. The van der Waals surface area contributed by atoms with Gasteiger partial charge in [-0.15, -0.1) is 0 Å². The van der Waals surface area contributed by atoms with Crippen LogP contribution in [-0.2, 0) is 4.79 Å². The Balaban J connectivity index is 2.44. The predicted molar refractivity (Wildman–Crippen MR) is 68.8 cm³/mol. The fourth-order valence-corrected chi connectivity index (χ4v) is 1.90. The van der Waals surface area contributed by atoms with Crippen molar-refractivity contribution in [1.82, 2.24) is 5.32 Å². The molecule has 0 aromatic heterocycles. The molecule has 1 aromatic rings. The highest BCUT2D eigenvalue weighted by atomic mass is 79.9. The van der Waals surface area contributed by atoms with Gasteiger partial charge in [-0.2, -0.15) is 0 Å². The van der Waals surface area contributed by atoms with Crippen LogP contribution in [0.4, 0.5) is 0 Å². The summed E-state index contributed by atoms with van der Waals surface area (Å²) in [6, 6.07) is 7.91. The minimum Gasteiger partial charge on any atom is -0.481 e. The number of hydrogen-bond donors (Lipinski definition) is 3. The highest BCUT2D eigenvalue weighted by Crippen LogP contribution is 2.17. The summed E-state index contributed by atoms with van der Waals surface area (Å²) in [6.07, 6.45) is -1.10. The first-order chi connectivity index (χ1) is 7.99. The number of nitrogens with one attached hydrogen (secondary N) is 1. The molecule has 17 heavy (non-hydrogen) atoms. The summed E-state index contributed by atoms with van der Waals surface area (Å²) in [4.78, 5) is 10.4. The Kier molecular flexibility index (Phi) is 5.61. The molecule has 0 spiro atoms. The lowest BCUT2D eigenvalue weighted by atomic mass is 10.1. The second-order valence-corrected chi connectivity index (χ2v) is 4.85. The zero-order valence-corrected chi connectivity index (χ0v) is 11.1. The van der Waals surface area contributed by atoms with Gasteiger partial charge >= 0.3 is 5.97 Å². The molecular formula is C12H16BrNO3. The maximum atomic E-state index is 10.4. The van der Waals surface area contributed by atoms with Gasteiger partial charge in [0, 0.05) is 17.1 Å². The van der Waals surface area contributed by atoms with Gasteiger partial charge in [0.25, 0.3) is 0 Å². The van der Waals surface area contributed by atoms with Crippen molar-refractivity contribution in [2.45, 2.75) is 25.5 Å². The van der Waals surface area contributed by atoms with E-state index in [9.17, 15) is 9.90 Å². The third kappa shape index (κ3) is 5.30. The molecule has 0 saturated carbocycles. The lowest BCUT2D eigenvalue weighted by molar-refractivity contribution is -0.139. The molecule has 1 rings (SSSR count). The van der Waals surface area contributed by atoms with Gasteiger partial charge in [-0.25, -0.2) is 0 Å². The van der Waals surface area contributed by atoms with Crippen LogP contribution < -0.4 is 5.32 Å². The molecule has 0 heterocycles. The van der Waals surface area contributed by atoms with Crippen molar-refractivity contribution < 1.29 is 15.0 Å². The Bertz CT molecular complexity index is 384. The van der Waals surface area contributed by atoms with E-state index in [4.69, 9.17) is 5.11 Å². The standard InChI is InChI=1S/C12H16BrNO3/c1-8(9-3-2-4-10(13)5-9)14-7-11(15)6-12(16)17/h2-5,8,11,14-15H,6-7H2,1H3,(H,16,17)/t8-,11?/m1/s1. The van der Waals surface area contributed by atoms with Crippen LogP contribution in [0.1, 0.15) is 24.9 Å². The summed E-state index contributed by atoms with van der Waals surface area (Å²) >= 11 is 3.39. The van der Waals surface area contributed by atoms with E-state index in [1.54, 1.807) is 0 Å². The van der Waals surface area contributed by atoms with Crippen molar-refractivity contribution in [1.29, 1.82) is 0 Å². The molecule has 2 atom stereocenters. The molecule has 0 bridgehead atoms.